The maximum Gasteiger partial charge on any atom is 0.158 e. The molecule has 1 aromatic heterocycles. The van der Waals surface area contributed by atoms with Gasteiger partial charge in [0.25, 0.3) is 0 Å². The fraction of sp³-hybridized carbons (Fsp3) is 0.160. The Labute approximate surface area is 188 Å². The predicted molar refractivity (Wildman–Crippen MR) is 125 cm³/mol. The first-order valence-electron chi connectivity index (χ1n) is 9.91. The van der Waals surface area contributed by atoms with Gasteiger partial charge in [0.15, 0.2) is 11.5 Å². The molecule has 0 atom stereocenters. The fourth-order valence-electron chi connectivity index (χ4n) is 3.65. The van der Waals surface area contributed by atoms with Gasteiger partial charge in [-0.2, -0.15) is 0 Å². The van der Waals surface area contributed by atoms with E-state index < -0.39 is 0 Å². The molecule has 4 rings (SSSR count). The molecular formula is C25H22BrNO4. The molecule has 0 radical (unpaired) electrons. The first kappa shape index (κ1) is 21.0. The Morgan fingerprint density at radius 3 is 2.26 bits per heavy atom. The second-order valence-electron chi connectivity index (χ2n) is 7.18. The lowest BCUT2D eigenvalue weighted by atomic mass is 10.1. The maximum atomic E-state index is 10.0. The molecule has 31 heavy (non-hydrogen) atoms. The first-order chi connectivity index (χ1) is 14.9. The second-order valence-corrected chi connectivity index (χ2v) is 8.10. The Morgan fingerprint density at radius 2 is 1.58 bits per heavy atom. The predicted octanol–water partition coefficient (Wildman–Crippen LogP) is 6.52. The number of aromatic hydroxyl groups is 2. The van der Waals surface area contributed by atoms with E-state index in [9.17, 15) is 10.2 Å². The lowest BCUT2D eigenvalue weighted by Crippen LogP contribution is -2.00. The van der Waals surface area contributed by atoms with Crippen LogP contribution in [-0.4, -0.2) is 16.8 Å². The van der Waals surface area contributed by atoms with Crippen LogP contribution in [0.4, 0.5) is 5.69 Å². The van der Waals surface area contributed by atoms with Crippen molar-refractivity contribution in [3.8, 4) is 28.4 Å². The SMILES string of the molecule is CCOc1cc(-c2ccc(O)c(O)c2)cc(=Nc2ccc(Br)cc2)c2c(C)oc(C)c12. The van der Waals surface area contributed by atoms with Crippen LogP contribution in [-0.2, 0) is 0 Å². The Kier molecular flexibility index (Phi) is 5.74. The van der Waals surface area contributed by atoms with Crippen LogP contribution in [0.25, 0.3) is 21.9 Å². The van der Waals surface area contributed by atoms with E-state index >= 15 is 0 Å². The lowest BCUT2D eigenvalue weighted by Gasteiger charge is -2.05. The number of hydrogen-bond acceptors (Lipinski definition) is 5. The van der Waals surface area contributed by atoms with Crippen molar-refractivity contribution in [1.82, 2.24) is 0 Å². The summed E-state index contributed by atoms with van der Waals surface area (Å²) in [5.74, 6) is 1.82. The topological polar surface area (TPSA) is 75.2 Å². The summed E-state index contributed by atoms with van der Waals surface area (Å²) in [4.78, 5) is 4.90. The van der Waals surface area contributed by atoms with E-state index in [0.717, 1.165) is 48.9 Å². The van der Waals surface area contributed by atoms with Gasteiger partial charge in [0.2, 0.25) is 0 Å². The number of halogens is 1. The third kappa shape index (κ3) is 4.16. The van der Waals surface area contributed by atoms with Gasteiger partial charge in [0.1, 0.15) is 17.3 Å². The molecule has 0 spiro atoms. The summed E-state index contributed by atoms with van der Waals surface area (Å²) < 4.78 is 12.9. The molecule has 0 unspecified atom stereocenters. The highest BCUT2D eigenvalue weighted by Gasteiger charge is 2.16. The number of fused-ring (bicyclic) bond motifs is 1. The second kappa shape index (κ2) is 8.47. The molecule has 158 valence electrons. The van der Waals surface area contributed by atoms with E-state index in [1.807, 2.05) is 57.2 Å². The third-order valence-corrected chi connectivity index (χ3v) is 5.56. The van der Waals surface area contributed by atoms with Crippen molar-refractivity contribution in [2.24, 2.45) is 4.99 Å². The van der Waals surface area contributed by atoms with E-state index in [1.165, 1.54) is 12.1 Å². The van der Waals surface area contributed by atoms with Gasteiger partial charge < -0.3 is 19.4 Å². The molecule has 1 heterocycles. The van der Waals surface area contributed by atoms with Gasteiger partial charge in [-0.3, -0.25) is 0 Å². The highest BCUT2D eigenvalue weighted by Crippen LogP contribution is 2.36. The Hall–Kier alpha value is -3.25. The number of ether oxygens (including phenoxy) is 1. The molecule has 2 N–H and O–H groups in total. The zero-order chi connectivity index (χ0) is 22.1. The summed E-state index contributed by atoms with van der Waals surface area (Å²) in [5.41, 5.74) is 2.32. The molecule has 3 aromatic carbocycles. The van der Waals surface area contributed by atoms with Gasteiger partial charge in [-0.1, -0.05) is 22.0 Å². The molecule has 0 aliphatic heterocycles. The molecule has 0 aliphatic carbocycles. The van der Waals surface area contributed by atoms with E-state index in [-0.39, 0.29) is 11.5 Å². The van der Waals surface area contributed by atoms with Crippen LogP contribution in [0.15, 0.2) is 68.5 Å². The Bertz CT molecular complexity index is 1340. The average Bonchev–Trinajstić information content (AvgIpc) is 2.93. The molecule has 0 bridgehead atoms. The number of benzene rings is 2. The van der Waals surface area contributed by atoms with Crippen molar-refractivity contribution < 1.29 is 19.4 Å². The van der Waals surface area contributed by atoms with Crippen molar-refractivity contribution in [3.63, 3.8) is 0 Å². The lowest BCUT2D eigenvalue weighted by molar-refractivity contribution is 0.344. The van der Waals surface area contributed by atoms with Crippen LogP contribution in [0.3, 0.4) is 0 Å². The van der Waals surface area contributed by atoms with Crippen molar-refractivity contribution in [3.05, 3.63) is 75.9 Å². The molecule has 0 fully saturated rings. The molecule has 0 amide bonds. The zero-order valence-electron chi connectivity index (χ0n) is 17.4. The van der Waals surface area contributed by atoms with Gasteiger partial charge >= 0.3 is 0 Å². The largest absolute Gasteiger partial charge is 0.504 e. The van der Waals surface area contributed by atoms with E-state index in [0.29, 0.717) is 12.4 Å². The summed E-state index contributed by atoms with van der Waals surface area (Å²) in [7, 11) is 0. The molecule has 0 aliphatic rings. The van der Waals surface area contributed by atoms with E-state index in [2.05, 4.69) is 15.9 Å². The number of hydrogen-bond donors (Lipinski definition) is 2. The first-order valence-corrected chi connectivity index (χ1v) is 10.7. The van der Waals surface area contributed by atoms with Crippen LogP contribution < -0.4 is 10.1 Å². The molecule has 5 nitrogen and oxygen atoms in total. The summed E-state index contributed by atoms with van der Waals surface area (Å²) in [6.45, 7) is 6.24. The van der Waals surface area contributed by atoms with Gasteiger partial charge in [0.05, 0.1) is 28.4 Å². The van der Waals surface area contributed by atoms with Crippen LogP contribution in [0, 0.1) is 13.8 Å². The van der Waals surface area contributed by atoms with Crippen molar-refractivity contribution in [1.29, 1.82) is 0 Å². The molecule has 0 saturated carbocycles. The third-order valence-electron chi connectivity index (χ3n) is 5.03. The highest BCUT2D eigenvalue weighted by molar-refractivity contribution is 9.10. The summed E-state index contributed by atoms with van der Waals surface area (Å²) >= 11 is 3.46. The smallest absolute Gasteiger partial charge is 0.158 e. The van der Waals surface area contributed by atoms with Crippen molar-refractivity contribution in [2.45, 2.75) is 20.8 Å². The number of nitrogens with zero attached hydrogens (tertiary/aromatic N) is 1. The minimum atomic E-state index is -0.185. The molecule has 4 aromatic rings. The normalized spacial score (nSPS) is 11.8. The van der Waals surface area contributed by atoms with Gasteiger partial charge in [0, 0.05) is 4.47 Å². The van der Waals surface area contributed by atoms with Crippen molar-refractivity contribution in [2.75, 3.05) is 6.61 Å². The number of furan rings is 1. The summed E-state index contributed by atoms with van der Waals surface area (Å²) in [5, 5.41) is 22.2. The quantitative estimate of drug-likeness (QED) is 0.326. The van der Waals surface area contributed by atoms with Gasteiger partial charge in [-0.05, 0) is 80.4 Å². The standard InChI is InChI=1S/C25H22BrNO4/c1-4-30-23-13-17(16-5-10-21(28)22(29)12-16)11-20(24-14(2)31-15(3)25(23)24)27-19-8-6-18(26)7-9-19/h5-13,28-29H,4H2,1-3H3. The van der Waals surface area contributed by atoms with Crippen LogP contribution >= 0.6 is 15.9 Å². The zero-order valence-corrected chi connectivity index (χ0v) is 19.0. The molecular weight excluding hydrogens is 458 g/mol. The van der Waals surface area contributed by atoms with Gasteiger partial charge in [-0.15, -0.1) is 0 Å². The monoisotopic (exact) mass is 479 g/mol. The summed E-state index contributed by atoms with van der Waals surface area (Å²) in [6, 6.07) is 16.3. The Balaban J connectivity index is 2.12. The van der Waals surface area contributed by atoms with Crippen LogP contribution in [0.5, 0.6) is 17.2 Å². The maximum absolute atomic E-state index is 10.0. The molecule has 6 heteroatoms. The number of phenolic OH excluding ortho intramolecular Hbond substituents is 2. The molecule has 0 saturated heterocycles. The number of rotatable bonds is 4. The Morgan fingerprint density at radius 1 is 0.871 bits per heavy atom. The number of phenols is 2. The minimum absolute atomic E-state index is 0.168. The van der Waals surface area contributed by atoms with Crippen molar-refractivity contribution >= 4 is 32.4 Å². The number of aryl methyl sites for hydroxylation is 2. The van der Waals surface area contributed by atoms with E-state index in [1.54, 1.807) is 6.07 Å². The van der Waals surface area contributed by atoms with Crippen LogP contribution in [0.1, 0.15) is 18.4 Å². The summed E-state index contributed by atoms with van der Waals surface area (Å²) in [6.07, 6.45) is 0. The average molecular weight is 480 g/mol. The minimum Gasteiger partial charge on any atom is -0.504 e. The van der Waals surface area contributed by atoms with Gasteiger partial charge in [-0.25, -0.2) is 4.99 Å². The highest BCUT2D eigenvalue weighted by atomic mass is 79.9. The van der Waals surface area contributed by atoms with Crippen LogP contribution in [0.2, 0.25) is 0 Å². The fourth-order valence-corrected chi connectivity index (χ4v) is 3.91. The van der Waals surface area contributed by atoms with E-state index in [4.69, 9.17) is 14.1 Å².